The molecular formula is C16H23NO3. The van der Waals surface area contributed by atoms with Crippen LogP contribution in [0.25, 0.3) is 0 Å². The van der Waals surface area contributed by atoms with E-state index in [2.05, 4.69) is 19.2 Å². The summed E-state index contributed by atoms with van der Waals surface area (Å²) in [5, 5.41) is 11.8. The minimum atomic E-state index is -0.951. The van der Waals surface area contributed by atoms with Gasteiger partial charge in [-0.2, -0.15) is 0 Å². The van der Waals surface area contributed by atoms with Crippen LogP contribution in [0.2, 0.25) is 0 Å². The highest BCUT2D eigenvalue weighted by molar-refractivity contribution is 5.87. The number of amides is 1. The molecule has 0 unspecified atom stereocenters. The van der Waals surface area contributed by atoms with Crippen molar-refractivity contribution in [3.05, 3.63) is 35.4 Å². The van der Waals surface area contributed by atoms with E-state index in [1.54, 1.807) is 18.2 Å². The number of rotatable bonds is 8. The van der Waals surface area contributed by atoms with E-state index in [1.165, 1.54) is 0 Å². The normalized spacial score (nSPS) is 10.6. The van der Waals surface area contributed by atoms with Gasteiger partial charge in [0, 0.05) is 12.5 Å². The molecule has 0 heterocycles. The number of carbonyl (C=O) groups is 2. The highest BCUT2D eigenvalue weighted by Crippen LogP contribution is 2.14. The van der Waals surface area contributed by atoms with Gasteiger partial charge in [-0.3, -0.25) is 4.79 Å². The molecule has 1 amide bonds. The molecule has 1 aromatic carbocycles. The summed E-state index contributed by atoms with van der Waals surface area (Å²) >= 11 is 0. The molecule has 0 bridgehead atoms. The molecule has 0 saturated carbocycles. The number of benzene rings is 1. The van der Waals surface area contributed by atoms with Crippen LogP contribution in [-0.2, 0) is 11.3 Å². The van der Waals surface area contributed by atoms with E-state index in [0.717, 1.165) is 31.2 Å². The Bertz CT molecular complexity index is 451. The molecule has 4 heteroatoms. The zero-order valence-corrected chi connectivity index (χ0v) is 12.2. The first-order valence-electron chi connectivity index (χ1n) is 7.18. The average Bonchev–Trinajstić information content (AvgIpc) is 2.45. The topological polar surface area (TPSA) is 66.4 Å². The number of carboxylic acid groups (broad SMARTS) is 1. The van der Waals surface area contributed by atoms with E-state index in [9.17, 15) is 9.59 Å². The van der Waals surface area contributed by atoms with Gasteiger partial charge >= 0.3 is 5.97 Å². The molecule has 0 aliphatic rings. The summed E-state index contributed by atoms with van der Waals surface area (Å²) < 4.78 is 0. The van der Waals surface area contributed by atoms with E-state index < -0.39 is 5.97 Å². The second-order valence-corrected chi connectivity index (χ2v) is 5.00. The lowest BCUT2D eigenvalue weighted by atomic mass is 9.97. The zero-order valence-electron chi connectivity index (χ0n) is 12.2. The molecule has 0 atom stereocenters. The third kappa shape index (κ3) is 5.03. The largest absolute Gasteiger partial charge is 0.478 e. The molecule has 0 aromatic heterocycles. The SMILES string of the molecule is CCCC(CCC)C(=O)NCc1cccc(C(=O)O)c1. The first kappa shape index (κ1) is 16.2. The molecule has 0 aliphatic carbocycles. The lowest BCUT2D eigenvalue weighted by Gasteiger charge is -2.15. The van der Waals surface area contributed by atoms with Crippen molar-refractivity contribution < 1.29 is 14.7 Å². The maximum Gasteiger partial charge on any atom is 0.335 e. The molecule has 0 aliphatic heterocycles. The number of hydrogen-bond donors (Lipinski definition) is 2. The number of nitrogens with one attached hydrogen (secondary N) is 1. The Morgan fingerprint density at radius 1 is 1.20 bits per heavy atom. The third-order valence-electron chi connectivity index (χ3n) is 3.29. The first-order valence-corrected chi connectivity index (χ1v) is 7.18. The fourth-order valence-electron chi connectivity index (χ4n) is 2.25. The predicted octanol–water partition coefficient (Wildman–Crippen LogP) is 3.22. The van der Waals surface area contributed by atoms with Gasteiger partial charge in [0.25, 0.3) is 0 Å². The van der Waals surface area contributed by atoms with Gasteiger partial charge in [0.1, 0.15) is 0 Å². The molecule has 1 aromatic rings. The van der Waals surface area contributed by atoms with Crippen LogP contribution in [0.5, 0.6) is 0 Å². The Kier molecular flexibility index (Phi) is 6.77. The van der Waals surface area contributed by atoms with Crippen molar-refractivity contribution in [2.24, 2.45) is 5.92 Å². The Morgan fingerprint density at radius 3 is 2.40 bits per heavy atom. The van der Waals surface area contributed by atoms with E-state index in [0.29, 0.717) is 6.54 Å². The maximum absolute atomic E-state index is 12.1. The van der Waals surface area contributed by atoms with Crippen LogP contribution in [0.1, 0.15) is 55.5 Å². The van der Waals surface area contributed by atoms with E-state index >= 15 is 0 Å². The molecule has 20 heavy (non-hydrogen) atoms. The van der Waals surface area contributed by atoms with E-state index in [4.69, 9.17) is 5.11 Å². The van der Waals surface area contributed by atoms with E-state index in [-0.39, 0.29) is 17.4 Å². The van der Waals surface area contributed by atoms with Crippen LogP contribution < -0.4 is 5.32 Å². The van der Waals surface area contributed by atoms with E-state index in [1.807, 2.05) is 6.07 Å². The van der Waals surface area contributed by atoms with Crippen LogP contribution >= 0.6 is 0 Å². The van der Waals surface area contributed by atoms with Crippen molar-refractivity contribution in [3.8, 4) is 0 Å². The zero-order chi connectivity index (χ0) is 15.0. The van der Waals surface area contributed by atoms with Crippen LogP contribution in [0, 0.1) is 5.92 Å². The van der Waals surface area contributed by atoms with Crippen molar-refractivity contribution in [3.63, 3.8) is 0 Å². The standard InChI is InChI=1S/C16H23NO3/c1-3-6-13(7-4-2)15(18)17-11-12-8-5-9-14(10-12)16(19)20/h5,8-10,13H,3-4,6-7,11H2,1-2H3,(H,17,18)(H,19,20). The lowest BCUT2D eigenvalue weighted by molar-refractivity contribution is -0.125. The Morgan fingerprint density at radius 2 is 1.85 bits per heavy atom. The molecule has 0 spiro atoms. The lowest BCUT2D eigenvalue weighted by Crippen LogP contribution is -2.30. The molecule has 0 fully saturated rings. The molecule has 0 saturated heterocycles. The summed E-state index contributed by atoms with van der Waals surface area (Å²) in [7, 11) is 0. The summed E-state index contributed by atoms with van der Waals surface area (Å²) in [6.45, 7) is 4.53. The number of carbonyl (C=O) groups excluding carboxylic acids is 1. The Labute approximate surface area is 120 Å². The molecule has 1 rings (SSSR count). The number of carboxylic acids is 1. The predicted molar refractivity (Wildman–Crippen MR) is 78.6 cm³/mol. The number of aromatic carboxylic acids is 1. The summed E-state index contributed by atoms with van der Waals surface area (Å²) in [4.78, 5) is 23.0. The second kappa shape index (κ2) is 8.35. The van der Waals surface area contributed by atoms with Crippen molar-refractivity contribution in [1.29, 1.82) is 0 Å². The smallest absolute Gasteiger partial charge is 0.335 e. The summed E-state index contributed by atoms with van der Waals surface area (Å²) in [5.74, 6) is -0.824. The van der Waals surface area contributed by atoms with Gasteiger partial charge in [-0.05, 0) is 30.5 Å². The molecule has 4 nitrogen and oxygen atoms in total. The fraction of sp³-hybridized carbons (Fsp3) is 0.500. The van der Waals surface area contributed by atoms with Crippen LogP contribution in [-0.4, -0.2) is 17.0 Å². The first-order chi connectivity index (χ1) is 9.58. The van der Waals surface area contributed by atoms with Gasteiger partial charge < -0.3 is 10.4 Å². The van der Waals surface area contributed by atoms with Gasteiger partial charge in [0.15, 0.2) is 0 Å². The van der Waals surface area contributed by atoms with Gasteiger partial charge in [-0.15, -0.1) is 0 Å². The van der Waals surface area contributed by atoms with Crippen molar-refractivity contribution in [1.82, 2.24) is 5.32 Å². The van der Waals surface area contributed by atoms with Gasteiger partial charge in [-0.1, -0.05) is 38.8 Å². The summed E-state index contributed by atoms with van der Waals surface area (Å²) in [5.41, 5.74) is 1.06. The minimum Gasteiger partial charge on any atom is -0.478 e. The minimum absolute atomic E-state index is 0.0626. The highest BCUT2D eigenvalue weighted by Gasteiger charge is 2.16. The molecular weight excluding hydrogens is 254 g/mol. The summed E-state index contributed by atoms with van der Waals surface area (Å²) in [6, 6.07) is 6.66. The monoisotopic (exact) mass is 277 g/mol. The highest BCUT2D eigenvalue weighted by atomic mass is 16.4. The maximum atomic E-state index is 12.1. The van der Waals surface area contributed by atoms with Crippen molar-refractivity contribution in [2.45, 2.75) is 46.1 Å². The van der Waals surface area contributed by atoms with Crippen molar-refractivity contribution >= 4 is 11.9 Å². The quantitative estimate of drug-likeness (QED) is 0.766. The second-order valence-electron chi connectivity index (χ2n) is 5.00. The molecule has 110 valence electrons. The van der Waals surface area contributed by atoms with Crippen molar-refractivity contribution in [2.75, 3.05) is 0 Å². The van der Waals surface area contributed by atoms with Gasteiger partial charge in [0.05, 0.1) is 5.56 Å². The van der Waals surface area contributed by atoms with Crippen LogP contribution in [0.15, 0.2) is 24.3 Å². The fourth-order valence-corrected chi connectivity index (χ4v) is 2.25. The molecule has 2 N–H and O–H groups in total. The Hall–Kier alpha value is -1.84. The summed E-state index contributed by atoms with van der Waals surface area (Å²) in [6.07, 6.45) is 3.78. The van der Waals surface area contributed by atoms with Gasteiger partial charge in [-0.25, -0.2) is 4.79 Å². The molecule has 0 radical (unpaired) electrons. The number of hydrogen-bond acceptors (Lipinski definition) is 2. The Balaban J connectivity index is 2.59. The third-order valence-corrected chi connectivity index (χ3v) is 3.29. The van der Waals surface area contributed by atoms with Crippen LogP contribution in [0.3, 0.4) is 0 Å². The van der Waals surface area contributed by atoms with Gasteiger partial charge in [0.2, 0.25) is 5.91 Å². The van der Waals surface area contributed by atoms with Crippen LogP contribution in [0.4, 0.5) is 0 Å². The average molecular weight is 277 g/mol.